The Hall–Kier alpha value is -1.30. The topological polar surface area (TPSA) is 42.3 Å². The average molecular weight is 325 g/mol. The highest BCUT2D eigenvalue weighted by Crippen LogP contribution is 2.27. The molecule has 0 bridgehead atoms. The molecule has 112 valence electrons. The predicted octanol–water partition coefficient (Wildman–Crippen LogP) is 3.17. The Kier molecular flexibility index (Phi) is 4.06. The van der Waals surface area contributed by atoms with Crippen LogP contribution < -0.4 is 0 Å². The third kappa shape index (κ3) is 3.00. The Balaban J connectivity index is 1.72. The molecule has 0 atom stereocenters. The van der Waals surface area contributed by atoms with Gasteiger partial charge in [-0.2, -0.15) is 4.31 Å². The molecule has 6 heteroatoms. The van der Waals surface area contributed by atoms with E-state index in [1.807, 2.05) is 24.5 Å². The SMILES string of the molecule is O=S(=O)(c1ccc(Cl)cc1)N1CCC(n2cccc2)CC1. The molecule has 1 aromatic carbocycles. The second-order valence-corrected chi connectivity index (χ2v) is 7.59. The average Bonchev–Trinajstić information content (AvgIpc) is 3.02. The van der Waals surface area contributed by atoms with Gasteiger partial charge in [-0.05, 0) is 49.2 Å². The van der Waals surface area contributed by atoms with Crippen LogP contribution >= 0.6 is 11.6 Å². The normalized spacial score (nSPS) is 18.0. The van der Waals surface area contributed by atoms with Crippen LogP contribution in [0.5, 0.6) is 0 Å². The van der Waals surface area contributed by atoms with E-state index in [1.54, 1.807) is 28.6 Å². The summed E-state index contributed by atoms with van der Waals surface area (Å²) in [6.07, 6.45) is 5.74. The van der Waals surface area contributed by atoms with E-state index in [0.717, 1.165) is 12.8 Å². The summed E-state index contributed by atoms with van der Waals surface area (Å²) in [5.41, 5.74) is 0. The molecule has 0 amide bonds. The van der Waals surface area contributed by atoms with Crippen molar-refractivity contribution in [3.05, 3.63) is 53.8 Å². The molecule has 0 aliphatic carbocycles. The van der Waals surface area contributed by atoms with Crippen LogP contribution in [-0.2, 0) is 10.0 Å². The summed E-state index contributed by atoms with van der Waals surface area (Å²) in [6, 6.07) is 10.7. The lowest BCUT2D eigenvalue weighted by molar-refractivity contribution is 0.274. The highest BCUT2D eigenvalue weighted by molar-refractivity contribution is 7.89. The number of aromatic nitrogens is 1. The molecule has 0 radical (unpaired) electrons. The van der Waals surface area contributed by atoms with Crippen molar-refractivity contribution in [2.45, 2.75) is 23.8 Å². The van der Waals surface area contributed by atoms with Crippen LogP contribution in [0.25, 0.3) is 0 Å². The van der Waals surface area contributed by atoms with Crippen molar-refractivity contribution in [1.82, 2.24) is 8.87 Å². The molecule has 0 saturated carbocycles. The molecule has 0 spiro atoms. The lowest BCUT2D eigenvalue weighted by atomic mass is 10.1. The molecule has 1 saturated heterocycles. The maximum absolute atomic E-state index is 12.6. The van der Waals surface area contributed by atoms with Gasteiger partial charge in [0.1, 0.15) is 0 Å². The number of benzene rings is 1. The van der Waals surface area contributed by atoms with Crippen LogP contribution in [0.4, 0.5) is 0 Å². The Bertz CT molecular complexity index is 688. The first-order valence-electron chi connectivity index (χ1n) is 6.95. The van der Waals surface area contributed by atoms with Gasteiger partial charge in [-0.1, -0.05) is 11.6 Å². The first-order chi connectivity index (χ1) is 10.1. The highest BCUT2D eigenvalue weighted by atomic mass is 35.5. The van der Waals surface area contributed by atoms with E-state index in [-0.39, 0.29) is 0 Å². The maximum Gasteiger partial charge on any atom is 0.243 e. The largest absolute Gasteiger partial charge is 0.351 e. The Morgan fingerprint density at radius 2 is 1.57 bits per heavy atom. The molecule has 3 rings (SSSR count). The van der Waals surface area contributed by atoms with Gasteiger partial charge in [0, 0.05) is 36.5 Å². The summed E-state index contributed by atoms with van der Waals surface area (Å²) in [4.78, 5) is 0.311. The fourth-order valence-corrected chi connectivity index (χ4v) is 4.32. The van der Waals surface area contributed by atoms with E-state index in [4.69, 9.17) is 11.6 Å². The summed E-state index contributed by atoms with van der Waals surface area (Å²) < 4.78 is 28.9. The van der Waals surface area contributed by atoms with Gasteiger partial charge in [0.05, 0.1) is 4.90 Å². The van der Waals surface area contributed by atoms with Crippen LogP contribution in [0.1, 0.15) is 18.9 Å². The molecular formula is C15H17ClN2O2S. The van der Waals surface area contributed by atoms with E-state index in [9.17, 15) is 8.42 Å². The summed E-state index contributed by atoms with van der Waals surface area (Å²) in [5, 5.41) is 0.542. The molecule has 0 unspecified atom stereocenters. The predicted molar refractivity (Wildman–Crippen MR) is 82.9 cm³/mol. The van der Waals surface area contributed by atoms with Crippen molar-refractivity contribution in [3.63, 3.8) is 0 Å². The third-order valence-electron chi connectivity index (χ3n) is 3.92. The van der Waals surface area contributed by atoms with Crippen LogP contribution in [-0.4, -0.2) is 30.4 Å². The zero-order valence-corrected chi connectivity index (χ0v) is 13.1. The molecule has 2 heterocycles. The van der Waals surface area contributed by atoms with Gasteiger partial charge in [-0.25, -0.2) is 8.42 Å². The molecule has 0 N–H and O–H groups in total. The van der Waals surface area contributed by atoms with Gasteiger partial charge in [-0.3, -0.25) is 0 Å². The Morgan fingerprint density at radius 3 is 2.14 bits per heavy atom. The molecule has 1 aliphatic rings. The first kappa shape index (κ1) is 14.6. The van der Waals surface area contributed by atoms with E-state index in [0.29, 0.717) is 29.0 Å². The van der Waals surface area contributed by atoms with Gasteiger partial charge < -0.3 is 4.57 Å². The summed E-state index contributed by atoms with van der Waals surface area (Å²) in [6.45, 7) is 1.10. The molecular weight excluding hydrogens is 308 g/mol. The lowest BCUT2D eigenvalue weighted by Crippen LogP contribution is -2.38. The smallest absolute Gasteiger partial charge is 0.243 e. The number of sulfonamides is 1. The molecule has 2 aromatic rings. The van der Waals surface area contributed by atoms with Crippen molar-refractivity contribution >= 4 is 21.6 Å². The van der Waals surface area contributed by atoms with Gasteiger partial charge in [0.15, 0.2) is 0 Å². The van der Waals surface area contributed by atoms with E-state index in [1.165, 1.54) is 0 Å². The summed E-state index contributed by atoms with van der Waals surface area (Å²) in [7, 11) is -3.41. The second kappa shape index (κ2) is 5.83. The number of halogens is 1. The van der Waals surface area contributed by atoms with Gasteiger partial charge >= 0.3 is 0 Å². The van der Waals surface area contributed by atoms with E-state index >= 15 is 0 Å². The fourth-order valence-electron chi connectivity index (χ4n) is 2.73. The zero-order chi connectivity index (χ0) is 14.9. The summed E-state index contributed by atoms with van der Waals surface area (Å²) in [5.74, 6) is 0. The number of nitrogens with zero attached hydrogens (tertiary/aromatic N) is 2. The Morgan fingerprint density at radius 1 is 1.00 bits per heavy atom. The monoisotopic (exact) mass is 324 g/mol. The molecule has 21 heavy (non-hydrogen) atoms. The van der Waals surface area contributed by atoms with Crippen LogP contribution in [0, 0.1) is 0 Å². The first-order valence-corrected chi connectivity index (χ1v) is 8.77. The van der Waals surface area contributed by atoms with E-state index in [2.05, 4.69) is 4.57 Å². The number of rotatable bonds is 3. The third-order valence-corrected chi connectivity index (χ3v) is 6.09. The Labute approximate surface area is 130 Å². The van der Waals surface area contributed by atoms with Crippen molar-refractivity contribution in [3.8, 4) is 0 Å². The minimum Gasteiger partial charge on any atom is -0.351 e. The maximum atomic E-state index is 12.6. The van der Waals surface area contributed by atoms with Crippen LogP contribution in [0.15, 0.2) is 53.7 Å². The lowest BCUT2D eigenvalue weighted by Gasteiger charge is -2.32. The molecule has 1 aromatic heterocycles. The minimum absolute atomic E-state index is 0.311. The standard InChI is InChI=1S/C15H17ClN2O2S/c16-13-3-5-15(6-4-13)21(19,20)18-11-7-14(8-12-18)17-9-1-2-10-17/h1-6,9-10,14H,7-8,11-12H2. The van der Waals surface area contributed by atoms with Gasteiger partial charge in [-0.15, -0.1) is 0 Å². The minimum atomic E-state index is -3.41. The molecule has 1 aliphatic heterocycles. The molecule has 4 nitrogen and oxygen atoms in total. The van der Waals surface area contributed by atoms with Crippen molar-refractivity contribution in [2.24, 2.45) is 0 Å². The number of hydrogen-bond acceptors (Lipinski definition) is 2. The van der Waals surface area contributed by atoms with Gasteiger partial charge in [0.2, 0.25) is 10.0 Å². The van der Waals surface area contributed by atoms with Gasteiger partial charge in [0.25, 0.3) is 0 Å². The second-order valence-electron chi connectivity index (χ2n) is 5.22. The number of piperidine rings is 1. The number of hydrogen-bond donors (Lipinski definition) is 0. The molecule has 1 fully saturated rings. The van der Waals surface area contributed by atoms with Crippen molar-refractivity contribution < 1.29 is 8.42 Å². The van der Waals surface area contributed by atoms with Crippen LogP contribution in [0.2, 0.25) is 5.02 Å². The van der Waals surface area contributed by atoms with Crippen LogP contribution in [0.3, 0.4) is 0 Å². The summed E-state index contributed by atoms with van der Waals surface area (Å²) >= 11 is 5.81. The zero-order valence-electron chi connectivity index (χ0n) is 11.5. The quantitative estimate of drug-likeness (QED) is 0.870. The highest BCUT2D eigenvalue weighted by Gasteiger charge is 2.29. The van der Waals surface area contributed by atoms with Crippen molar-refractivity contribution in [1.29, 1.82) is 0 Å². The fraction of sp³-hybridized carbons (Fsp3) is 0.333. The van der Waals surface area contributed by atoms with Crippen molar-refractivity contribution in [2.75, 3.05) is 13.1 Å². The van der Waals surface area contributed by atoms with E-state index < -0.39 is 10.0 Å².